The number of hydrogen-bond acceptors (Lipinski definition) is 5. The molecule has 22 heavy (non-hydrogen) atoms. The van der Waals surface area contributed by atoms with Gasteiger partial charge in [-0.05, 0) is 25.5 Å². The Bertz CT molecular complexity index is 635. The Morgan fingerprint density at radius 3 is 2.68 bits per heavy atom. The maximum atomic E-state index is 12.2. The second kappa shape index (κ2) is 7.26. The largest absolute Gasteiger partial charge is 0.465 e. The van der Waals surface area contributed by atoms with Gasteiger partial charge < -0.3 is 4.74 Å². The molecule has 0 spiro atoms. The molecule has 0 atom stereocenters. The molecule has 1 aliphatic rings. The predicted molar refractivity (Wildman–Crippen MR) is 88.5 cm³/mol. The second-order valence-electron chi connectivity index (χ2n) is 4.79. The SMILES string of the molecule is CCOC(=O)CSC1=N/C(=C/c2ccc(C)cc2)C(=O)N1C. The van der Waals surface area contributed by atoms with Crippen LogP contribution in [0.25, 0.3) is 6.08 Å². The summed E-state index contributed by atoms with van der Waals surface area (Å²) in [7, 11) is 1.65. The van der Waals surface area contributed by atoms with Crippen LogP contribution in [0, 0.1) is 6.92 Å². The summed E-state index contributed by atoms with van der Waals surface area (Å²) in [5.74, 6) is -0.346. The molecule has 1 aromatic carbocycles. The first-order chi connectivity index (χ1) is 10.5. The summed E-state index contributed by atoms with van der Waals surface area (Å²) in [5, 5.41) is 0.511. The fourth-order valence-corrected chi connectivity index (χ4v) is 2.62. The molecular weight excluding hydrogens is 300 g/mol. The number of aliphatic imine (C=N–C) groups is 1. The Hall–Kier alpha value is -2.08. The summed E-state index contributed by atoms with van der Waals surface area (Å²) < 4.78 is 4.86. The van der Waals surface area contributed by atoms with Gasteiger partial charge in [-0.3, -0.25) is 14.5 Å². The number of thioether (sulfide) groups is 1. The van der Waals surface area contributed by atoms with Crippen molar-refractivity contribution in [2.45, 2.75) is 13.8 Å². The standard InChI is InChI=1S/C16H18N2O3S/c1-4-21-14(19)10-22-16-17-13(15(20)18(16)3)9-12-7-5-11(2)6-8-12/h5-9H,4,10H2,1-3H3/b13-9+. The van der Waals surface area contributed by atoms with E-state index in [1.165, 1.54) is 16.7 Å². The average Bonchev–Trinajstić information content (AvgIpc) is 2.76. The van der Waals surface area contributed by atoms with E-state index in [9.17, 15) is 9.59 Å². The maximum absolute atomic E-state index is 12.2. The number of amidine groups is 1. The van der Waals surface area contributed by atoms with E-state index in [-0.39, 0.29) is 17.6 Å². The van der Waals surface area contributed by atoms with Gasteiger partial charge in [-0.2, -0.15) is 0 Å². The van der Waals surface area contributed by atoms with E-state index in [1.807, 2.05) is 31.2 Å². The molecule has 0 N–H and O–H groups in total. The lowest BCUT2D eigenvalue weighted by Crippen LogP contribution is -2.26. The number of carbonyl (C=O) groups excluding carboxylic acids is 2. The van der Waals surface area contributed by atoms with Gasteiger partial charge in [-0.15, -0.1) is 0 Å². The molecule has 0 saturated heterocycles. The van der Waals surface area contributed by atoms with Crippen molar-refractivity contribution in [1.29, 1.82) is 0 Å². The predicted octanol–water partition coefficient (Wildman–Crippen LogP) is 2.46. The molecule has 6 heteroatoms. The number of hydrogen-bond donors (Lipinski definition) is 0. The zero-order valence-electron chi connectivity index (χ0n) is 12.8. The van der Waals surface area contributed by atoms with Crippen molar-refractivity contribution in [3.05, 3.63) is 41.1 Å². The van der Waals surface area contributed by atoms with E-state index in [2.05, 4.69) is 4.99 Å². The molecular formula is C16H18N2O3S. The molecule has 1 aromatic rings. The molecule has 0 aromatic heterocycles. The minimum absolute atomic E-state index is 0.141. The topological polar surface area (TPSA) is 59.0 Å². The number of likely N-dealkylation sites (N-methyl/N-ethyl adjacent to an activating group) is 1. The fraction of sp³-hybridized carbons (Fsp3) is 0.312. The van der Waals surface area contributed by atoms with Crippen molar-refractivity contribution in [3.63, 3.8) is 0 Å². The molecule has 2 rings (SSSR count). The van der Waals surface area contributed by atoms with Gasteiger partial charge in [0.05, 0.1) is 12.4 Å². The van der Waals surface area contributed by atoms with Crippen LogP contribution >= 0.6 is 11.8 Å². The first-order valence-corrected chi connectivity index (χ1v) is 7.93. The summed E-state index contributed by atoms with van der Waals surface area (Å²) in [6.07, 6.45) is 1.75. The molecule has 0 fully saturated rings. The molecule has 116 valence electrons. The van der Waals surface area contributed by atoms with Gasteiger partial charge in [0.15, 0.2) is 5.17 Å². The van der Waals surface area contributed by atoms with Crippen molar-refractivity contribution in [1.82, 2.24) is 4.90 Å². The minimum Gasteiger partial charge on any atom is -0.465 e. The summed E-state index contributed by atoms with van der Waals surface area (Å²) in [5.41, 5.74) is 2.45. The van der Waals surface area contributed by atoms with Gasteiger partial charge in [0.25, 0.3) is 5.91 Å². The average molecular weight is 318 g/mol. The fourth-order valence-electron chi connectivity index (χ4n) is 1.85. The van der Waals surface area contributed by atoms with Crippen LogP contribution in [-0.4, -0.2) is 41.4 Å². The Balaban J connectivity index is 2.11. The number of aryl methyl sites for hydroxylation is 1. The molecule has 1 heterocycles. The molecule has 1 amide bonds. The van der Waals surface area contributed by atoms with Gasteiger partial charge in [0.1, 0.15) is 5.70 Å². The van der Waals surface area contributed by atoms with Gasteiger partial charge in [-0.1, -0.05) is 41.6 Å². The van der Waals surface area contributed by atoms with E-state index in [0.717, 1.165) is 11.1 Å². The highest BCUT2D eigenvalue weighted by atomic mass is 32.2. The molecule has 5 nitrogen and oxygen atoms in total. The van der Waals surface area contributed by atoms with Gasteiger partial charge in [-0.25, -0.2) is 4.99 Å². The Kier molecular flexibility index (Phi) is 5.38. The molecule has 0 unspecified atom stereocenters. The Labute approximate surface area is 134 Å². The van der Waals surface area contributed by atoms with Crippen molar-refractivity contribution in [3.8, 4) is 0 Å². The van der Waals surface area contributed by atoms with Crippen LogP contribution in [0.2, 0.25) is 0 Å². The first kappa shape index (κ1) is 16.3. The molecule has 0 radical (unpaired) electrons. The Morgan fingerprint density at radius 1 is 1.36 bits per heavy atom. The summed E-state index contributed by atoms with van der Waals surface area (Å²) >= 11 is 1.20. The van der Waals surface area contributed by atoms with Gasteiger partial charge >= 0.3 is 5.97 Å². The third kappa shape index (κ3) is 3.98. The third-order valence-electron chi connectivity index (χ3n) is 3.03. The van der Waals surface area contributed by atoms with Crippen LogP contribution in [0.3, 0.4) is 0 Å². The number of benzene rings is 1. The number of esters is 1. The van der Waals surface area contributed by atoms with Crippen LogP contribution in [0.4, 0.5) is 0 Å². The van der Waals surface area contributed by atoms with E-state index in [4.69, 9.17) is 4.74 Å². The number of nitrogens with zero attached hydrogens (tertiary/aromatic N) is 2. The highest BCUT2D eigenvalue weighted by Gasteiger charge is 2.27. The lowest BCUT2D eigenvalue weighted by Gasteiger charge is -2.10. The summed E-state index contributed by atoms with van der Waals surface area (Å²) in [4.78, 5) is 29.3. The highest BCUT2D eigenvalue weighted by molar-refractivity contribution is 8.14. The number of ether oxygens (including phenoxy) is 1. The zero-order valence-corrected chi connectivity index (χ0v) is 13.6. The van der Waals surface area contributed by atoms with Crippen molar-refractivity contribution in [2.75, 3.05) is 19.4 Å². The lowest BCUT2D eigenvalue weighted by molar-refractivity contribution is -0.139. The van der Waals surface area contributed by atoms with Crippen LogP contribution in [0.1, 0.15) is 18.1 Å². The van der Waals surface area contributed by atoms with E-state index in [1.54, 1.807) is 20.0 Å². The quantitative estimate of drug-likeness (QED) is 0.632. The van der Waals surface area contributed by atoms with Crippen molar-refractivity contribution < 1.29 is 14.3 Å². The van der Waals surface area contributed by atoms with Gasteiger partial charge in [0, 0.05) is 7.05 Å². The summed E-state index contributed by atoms with van der Waals surface area (Å²) in [6.45, 7) is 4.11. The molecule has 0 bridgehead atoms. The molecule has 0 saturated carbocycles. The number of amides is 1. The maximum Gasteiger partial charge on any atom is 0.316 e. The zero-order chi connectivity index (χ0) is 16.1. The molecule has 1 aliphatic heterocycles. The Morgan fingerprint density at radius 2 is 2.05 bits per heavy atom. The number of carbonyl (C=O) groups is 2. The normalized spacial score (nSPS) is 16.1. The highest BCUT2D eigenvalue weighted by Crippen LogP contribution is 2.22. The summed E-state index contributed by atoms with van der Waals surface area (Å²) in [6, 6.07) is 7.84. The van der Waals surface area contributed by atoms with Crippen LogP contribution in [-0.2, 0) is 14.3 Å². The minimum atomic E-state index is -0.313. The van der Waals surface area contributed by atoms with E-state index in [0.29, 0.717) is 17.5 Å². The first-order valence-electron chi connectivity index (χ1n) is 6.94. The number of rotatable bonds is 4. The smallest absolute Gasteiger partial charge is 0.316 e. The monoisotopic (exact) mass is 318 g/mol. The van der Waals surface area contributed by atoms with Crippen LogP contribution in [0.15, 0.2) is 35.0 Å². The van der Waals surface area contributed by atoms with Gasteiger partial charge in [0.2, 0.25) is 0 Å². The van der Waals surface area contributed by atoms with Crippen molar-refractivity contribution >= 4 is 34.9 Å². The molecule has 0 aliphatic carbocycles. The van der Waals surface area contributed by atoms with Crippen LogP contribution in [0.5, 0.6) is 0 Å². The van der Waals surface area contributed by atoms with E-state index >= 15 is 0 Å². The van der Waals surface area contributed by atoms with Crippen LogP contribution < -0.4 is 0 Å². The lowest BCUT2D eigenvalue weighted by atomic mass is 10.1. The second-order valence-corrected chi connectivity index (χ2v) is 5.74. The van der Waals surface area contributed by atoms with Crippen molar-refractivity contribution in [2.24, 2.45) is 4.99 Å². The third-order valence-corrected chi connectivity index (χ3v) is 4.04. The van der Waals surface area contributed by atoms with E-state index < -0.39 is 0 Å².